The molecule has 0 aliphatic carbocycles. The molecule has 2 saturated heterocycles. The van der Waals surface area contributed by atoms with Crippen molar-refractivity contribution < 1.29 is 14.6 Å². The molecule has 0 spiro atoms. The van der Waals surface area contributed by atoms with Crippen LogP contribution < -0.4 is 5.56 Å². The summed E-state index contributed by atoms with van der Waals surface area (Å²) < 4.78 is 7.39. The Morgan fingerprint density at radius 2 is 2.03 bits per heavy atom. The lowest BCUT2D eigenvalue weighted by Crippen LogP contribution is -2.49. The van der Waals surface area contributed by atoms with Crippen LogP contribution in [0.2, 0.25) is 0 Å². The maximum Gasteiger partial charge on any atom is 0.258 e. The molecule has 30 heavy (non-hydrogen) atoms. The van der Waals surface area contributed by atoms with Crippen LogP contribution in [0.4, 0.5) is 0 Å². The second-order valence-electron chi connectivity index (χ2n) is 9.01. The van der Waals surface area contributed by atoms with Gasteiger partial charge in [0.25, 0.3) is 5.56 Å². The van der Waals surface area contributed by atoms with Gasteiger partial charge in [-0.25, -0.2) is 0 Å². The zero-order valence-corrected chi connectivity index (χ0v) is 18.2. The van der Waals surface area contributed by atoms with Crippen molar-refractivity contribution >= 4 is 12.0 Å². The first kappa shape index (κ1) is 21.3. The molecule has 7 nitrogen and oxygen atoms in total. The molecule has 1 N–H and O–H groups in total. The minimum absolute atomic E-state index is 0.0122. The Morgan fingerprint density at radius 1 is 1.30 bits per heavy atom. The van der Waals surface area contributed by atoms with Crippen molar-refractivity contribution in [2.45, 2.75) is 38.4 Å². The van der Waals surface area contributed by atoms with Gasteiger partial charge >= 0.3 is 0 Å². The van der Waals surface area contributed by atoms with Gasteiger partial charge in [-0.1, -0.05) is 12.2 Å². The molecule has 3 aliphatic heterocycles. The van der Waals surface area contributed by atoms with Gasteiger partial charge in [0.1, 0.15) is 0 Å². The zero-order chi connectivity index (χ0) is 21.4. The molecule has 0 bridgehead atoms. The summed E-state index contributed by atoms with van der Waals surface area (Å²) in [6.45, 7) is 4.70. The Kier molecular flexibility index (Phi) is 6.14. The van der Waals surface area contributed by atoms with E-state index in [0.29, 0.717) is 18.0 Å². The van der Waals surface area contributed by atoms with Crippen LogP contribution in [0.5, 0.6) is 0 Å². The summed E-state index contributed by atoms with van der Waals surface area (Å²) in [6, 6.07) is 3.54. The number of nitrogens with zero attached hydrogens (tertiary/aromatic N) is 3. The van der Waals surface area contributed by atoms with E-state index in [1.165, 1.54) is 0 Å². The molecule has 0 saturated carbocycles. The third-order valence-electron chi connectivity index (χ3n) is 7.07. The average Bonchev–Trinajstić information content (AvgIpc) is 3.26. The molecule has 4 rings (SSSR count). The summed E-state index contributed by atoms with van der Waals surface area (Å²) in [6.07, 6.45) is 5.67. The van der Waals surface area contributed by atoms with E-state index in [0.717, 1.165) is 38.3 Å². The minimum atomic E-state index is -0.359. The highest BCUT2D eigenvalue weighted by atomic mass is 16.5. The predicted molar refractivity (Wildman–Crippen MR) is 115 cm³/mol. The summed E-state index contributed by atoms with van der Waals surface area (Å²) in [5.41, 5.74) is 1.66. The Hall–Kier alpha value is -1.96. The summed E-state index contributed by atoms with van der Waals surface area (Å²) >= 11 is 0. The topological polar surface area (TPSA) is 75.0 Å². The fourth-order valence-electron chi connectivity index (χ4n) is 5.61. The van der Waals surface area contributed by atoms with Crippen LogP contribution in [-0.2, 0) is 16.1 Å². The quantitative estimate of drug-likeness (QED) is 0.786. The van der Waals surface area contributed by atoms with Gasteiger partial charge in [-0.3, -0.25) is 14.5 Å². The zero-order valence-electron chi connectivity index (χ0n) is 18.2. The molecule has 4 heterocycles. The van der Waals surface area contributed by atoms with Gasteiger partial charge in [0, 0.05) is 70.1 Å². The molecule has 1 amide bonds. The predicted octanol–water partition coefficient (Wildman–Crippen LogP) is 1.36. The normalized spacial score (nSPS) is 29.3. The number of rotatable bonds is 5. The summed E-state index contributed by atoms with van der Waals surface area (Å²) in [4.78, 5) is 30.1. The van der Waals surface area contributed by atoms with Gasteiger partial charge in [0.15, 0.2) is 0 Å². The maximum absolute atomic E-state index is 13.2. The third-order valence-corrected chi connectivity index (χ3v) is 7.07. The first-order valence-corrected chi connectivity index (χ1v) is 11.0. The third kappa shape index (κ3) is 3.53. The van der Waals surface area contributed by atoms with Crippen molar-refractivity contribution in [3.05, 3.63) is 39.8 Å². The number of aliphatic hydroxyl groups is 1. The highest BCUT2D eigenvalue weighted by molar-refractivity contribution is 5.82. The highest BCUT2D eigenvalue weighted by Crippen LogP contribution is 2.50. The molecule has 1 aromatic rings. The fraction of sp³-hybridized carbons (Fsp3) is 0.652. The van der Waals surface area contributed by atoms with E-state index in [4.69, 9.17) is 4.74 Å². The minimum Gasteiger partial charge on any atom is -0.396 e. The van der Waals surface area contributed by atoms with Crippen molar-refractivity contribution in [1.82, 2.24) is 14.4 Å². The SMILES string of the molecule is C/C=C\c1ccc2n(c1=O)C[C@H]1[C@H](CO)[C@@H](C(=O)N(C)C)N(CC3CCOCC3)[C@@H]21. The van der Waals surface area contributed by atoms with Gasteiger partial charge in [-0.05, 0) is 37.8 Å². The van der Waals surface area contributed by atoms with Crippen molar-refractivity contribution in [1.29, 1.82) is 0 Å². The molecule has 1 aromatic heterocycles. The second kappa shape index (κ2) is 8.65. The van der Waals surface area contributed by atoms with Crippen LogP contribution in [0.25, 0.3) is 6.08 Å². The Labute approximate surface area is 177 Å². The average molecular weight is 416 g/mol. The van der Waals surface area contributed by atoms with Crippen molar-refractivity contribution in [2.24, 2.45) is 17.8 Å². The Morgan fingerprint density at radius 3 is 2.67 bits per heavy atom. The molecule has 7 heteroatoms. The van der Waals surface area contributed by atoms with Gasteiger partial charge < -0.3 is 19.3 Å². The number of pyridine rings is 1. The molecule has 0 aromatic carbocycles. The first-order chi connectivity index (χ1) is 14.5. The Balaban J connectivity index is 1.75. The summed E-state index contributed by atoms with van der Waals surface area (Å²) in [7, 11) is 3.55. The number of fused-ring (bicyclic) bond motifs is 3. The maximum atomic E-state index is 13.2. The van der Waals surface area contributed by atoms with Crippen LogP contribution in [-0.4, -0.2) is 71.9 Å². The first-order valence-electron chi connectivity index (χ1n) is 11.0. The lowest BCUT2D eigenvalue weighted by Gasteiger charge is -2.35. The molecular formula is C23H33N3O4. The van der Waals surface area contributed by atoms with Gasteiger partial charge in [0.05, 0.1) is 12.1 Å². The van der Waals surface area contributed by atoms with E-state index in [9.17, 15) is 14.7 Å². The number of hydrogen-bond acceptors (Lipinski definition) is 5. The molecule has 164 valence electrons. The van der Waals surface area contributed by atoms with E-state index >= 15 is 0 Å². The molecule has 0 radical (unpaired) electrons. The molecule has 2 fully saturated rings. The van der Waals surface area contributed by atoms with Gasteiger partial charge in [0.2, 0.25) is 5.91 Å². The number of likely N-dealkylation sites (tertiary alicyclic amines) is 1. The lowest BCUT2D eigenvalue weighted by molar-refractivity contribution is -0.136. The lowest BCUT2D eigenvalue weighted by atomic mass is 9.88. The van der Waals surface area contributed by atoms with E-state index in [1.54, 1.807) is 19.0 Å². The smallest absolute Gasteiger partial charge is 0.258 e. The van der Waals surface area contributed by atoms with E-state index in [-0.39, 0.29) is 42.0 Å². The largest absolute Gasteiger partial charge is 0.396 e. The number of aliphatic hydroxyl groups excluding tert-OH is 1. The highest BCUT2D eigenvalue weighted by Gasteiger charge is 2.56. The number of hydrogen-bond donors (Lipinski definition) is 1. The second-order valence-corrected chi connectivity index (χ2v) is 9.01. The van der Waals surface area contributed by atoms with E-state index in [2.05, 4.69) is 4.90 Å². The van der Waals surface area contributed by atoms with E-state index in [1.807, 2.05) is 35.8 Å². The monoisotopic (exact) mass is 415 g/mol. The van der Waals surface area contributed by atoms with Crippen LogP contribution in [0, 0.1) is 17.8 Å². The number of ether oxygens (including phenoxy) is 1. The van der Waals surface area contributed by atoms with Gasteiger partial charge in [-0.2, -0.15) is 0 Å². The number of aromatic nitrogens is 1. The van der Waals surface area contributed by atoms with Crippen LogP contribution >= 0.6 is 0 Å². The van der Waals surface area contributed by atoms with Crippen LogP contribution in [0.15, 0.2) is 23.0 Å². The number of carbonyl (C=O) groups excluding carboxylic acids is 1. The van der Waals surface area contributed by atoms with Crippen LogP contribution in [0.3, 0.4) is 0 Å². The number of likely N-dealkylation sites (N-methyl/N-ethyl adjacent to an activating group) is 1. The summed E-state index contributed by atoms with van der Waals surface area (Å²) in [5, 5.41) is 10.3. The van der Waals surface area contributed by atoms with E-state index < -0.39 is 0 Å². The standard InChI is InChI=1S/C23H33N3O4/c1-4-5-16-6-7-19-20-17(13-25(19)22(16)28)18(14-27)21(23(29)24(2)3)26(20)12-15-8-10-30-11-9-15/h4-7,15,17-18,20-21,27H,8-14H2,1-3H3/b5-4-/t17-,18-,20+,21-/m0/s1. The molecule has 4 atom stereocenters. The fourth-order valence-corrected chi connectivity index (χ4v) is 5.61. The van der Waals surface area contributed by atoms with Crippen molar-refractivity contribution in [2.75, 3.05) is 40.5 Å². The summed E-state index contributed by atoms with van der Waals surface area (Å²) in [5.74, 6) is 0.360. The molecular weight excluding hydrogens is 382 g/mol. The van der Waals surface area contributed by atoms with Gasteiger partial charge in [-0.15, -0.1) is 0 Å². The van der Waals surface area contributed by atoms with Crippen molar-refractivity contribution in [3.63, 3.8) is 0 Å². The van der Waals surface area contributed by atoms with Crippen molar-refractivity contribution in [3.8, 4) is 0 Å². The number of amides is 1. The molecule has 3 aliphatic rings. The Bertz CT molecular complexity index is 872. The number of allylic oxidation sites excluding steroid dienone is 1. The molecule has 0 unspecified atom stereocenters. The number of carbonyl (C=O) groups is 1. The van der Waals surface area contributed by atoms with Crippen LogP contribution in [0.1, 0.15) is 37.1 Å².